The van der Waals surface area contributed by atoms with Gasteiger partial charge >= 0.3 is 0 Å². The van der Waals surface area contributed by atoms with Crippen molar-refractivity contribution in [2.24, 2.45) is 0 Å². The SMILES string of the molecule is O=C(NCc1ccccc1)c1ccc(-n2nnc3cccnc32)cc1. The highest BCUT2D eigenvalue weighted by Crippen LogP contribution is 2.14. The van der Waals surface area contributed by atoms with Gasteiger partial charge in [-0.25, -0.2) is 4.98 Å². The van der Waals surface area contributed by atoms with Crippen molar-refractivity contribution in [1.82, 2.24) is 25.3 Å². The second-order valence-electron chi connectivity index (χ2n) is 5.56. The Morgan fingerprint density at radius 3 is 2.56 bits per heavy atom. The zero-order chi connectivity index (χ0) is 17.1. The van der Waals surface area contributed by atoms with E-state index in [1.54, 1.807) is 23.0 Å². The molecule has 4 aromatic rings. The molecule has 122 valence electrons. The van der Waals surface area contributed by atoms with Crippen LogP contribution in [0.3, 0.4) is 0 Å². The number of nitrogens with zero attached hydrogens (tertiary/aromatic N) is 4. The second kappa shape index (κ2) is 6.52. The number of benzene rings is 2. The molecule has 25 heavy (non-hydrogen) atoms. The highest BCUT2D eigenvalue weighted by molar-refractivity contribution is 5.94. The van der Waals surface area contributed by atoms with Gasteiger partial charge in [0.1, 0.15) is 5.52 Å². The molecule has 0 fully saturated rings. The van der Waals surface area contributed by atoms with Crippen LogP contribution < -0.4 is 5.32 Å². The molecular formula is C19H15N5O. The molecule has 0 saturated heterocycles. The molecule has 4 rings (SSSR count). The van der Waals surface area contributed by atoms with E-state index in [1.165, 1.54) is 0 Å². The summed E-state index contributed by atoms with van der Waals surface area (Å²) in [5, 5.41) is 11.1. The van der Waals surface area contributed by atoms with Crippen LogP contribution in [-0.2, 0) is 6.54 Å². The van der Waals surface area contributed by atoms with E-state index in [0.29, 0.717) is 17.8 Å². The van der Waals surface area contributed by atoms with Gasteiger partial charge in [0.25, 0.3) is 5.91 Å². The molecule has 0 aliphatic rings. The van der Waals surface area contributed by atoms with Gasteiger partial charge in [-0.1, -0.05) is 35.5 Å². The fraction of sp³-hybridized carbons (Fsp3) is 0.0526. The Labute approximate surface area is 144 Å². The minimum absolute atomic E-state index is 0.114. The molecule has 1 amide bonds. The summed E-state index contributed by atoms with van der Waals surface area (Å²) in [5.74, 6) is -0.114. The predicted molar refractivity (Wildman–Crippen MR) is 94.3 cm³/mol. The zero-order valence-electron chi connectivity index (χ0n) is 13.3. The second-order valence-corrected chi connectivity index (χ2v) is 5.56. The normalized spacial score (nSPS) is 10.7. The van der Waals surface area contributed by atoms with Crippen LogP contribution in [-0.4, -0.2) is 25.9 Å². The Morgan fingerprint density at radius 1 is 0.960 bits per heavy atom. The summed E-state index contributed by atoms with van der Waals surface area (Å²) in [5.41, 5.74) is 3.88. The molecule has 6 heteroatoms. The van der Waals surface area contributed by atoms with Gasteiger partial charge < -0.3 is 5.32 Å². The first-order valence-corrected chi connectivity index (χ1v) is 7.90. The van der Waals surface area contributed by atoms with Gasteiger partial charge in [-0.15, -0.1) is 5.10 Å². The van der Waals surface area contributed by atoms with E-state index in [2.05, 4.69) is 20.6 Å². The Balaban J connectivity index is 1.51. The first-order chi connectivity index (χ1) is 12.3. The van der Waals surface area contributed by atoms with Crippen molar-refractivity contribution < 1.29 is 4.79 Å². The molecule has 0 spiro atoms. The molecular weight excluding hydrogens is 314 g/mol. The van der Waals surface area contributed by atoms with Crippen molar-refractivity contribution in [1.29, 1.82) is 0 Å². The first kappa shape index (κ1) is 15.0. The van der Waals surface area contributed by atoms with Gasteiger partial charge in [-0.2, -0.15) is 4.68 Å². The number of carbonyl (C=O) groups excluding carboxylic acids is 1. The van der Waals surface area contributed by atoms with E-state index in [4.69, 9.17) is 0 Å². The third-order valence-corrected chi connectivity index (χ3v) is 3.88. The van der Waals surface area contributed by atoms with Crippen molar-refractivity contribution in [3.05, 3.63) is 84.1 Å². The Kier molecular flexibility index (Phi) is 3.92. The number of carbonyl (C=O) groups is 1. The molecule has 0 radical (unpaired) electrons. The number of fused-ring (bicyclic) bond motifs is 1. The van der Waals surface area contributed by atoms with E-state index in [1.807, 2.05) is 54.6 Å². The molecule has 0 atom stereocenters. The van der Waals surface area contributed by atoms with E-state index in [9.17, 15) is 4.79 Å². The topological polar surface area (TPSA) is 72.7 Å². The monoisotopic (exact) mass is 329 g/mol. The third kappa shape index (κ3) is 3.10. The van der Waals surface area contributed by atoms with Crippen LogP contribution in [0.4, 0.5) is 0 Å². The summed E-state index contributed by atoms with van der Waals surface area (Å²) in [6, 6.07) is 20.7. The van der Waals surface area contributed by atoms with Crippen LogP contribution in [0, 0.1) is 0 Å². The molecule has 0 aliphatic heterocycles. The van der Waals surface area contributed by atoms with Crippen molar-refractivity contribution >= 4 is 17.1 Å². The Morgan fingerprint density at radius 2 is 1.76 bits per heavy atom. The van der Waals surface area contributed by atoms with Gasteiger partial charge in [-0.05, 0) is 42.0 Å². The number of nitrogens with one attached hydrogen (secondary N) is 1. The molecule has 1 N–H and O–H groups in total. The van der Waals surface area contributed by atoms with Gasteiger partial charge in [0.05, 0.1) is 5.69 Å². The van der Waals surface area contributed by atoms with Crippen LogP contribution in [0.25, 0.3) is 16.9 Å². The highest BCUT2D eigenvalue weighted by Gasteiger charge is 2.09. The quantitative estimate of drug-likeness (QED) is 0.625. The maximum Gasteiger partial charge on any atom is 0.251 e. The summed E-state index contributed by atoms with van der Waals surface area (Å²) in [7, 11) is 0. The summed E-state index contributed by atoms with van der Waals surface area (Å²) < 4.78 is 1.65. The van der Waals surface area contributed by atoms with E-state index in [-0.39, 0.29) is 5.91 Å². The number of hydrogen-bond donors (Lipinski definition) is 1. The van der Waals surface area contributed by atoms with Crippen molar-refractivity contribution in [2.45, 2.75) is 6.54 Å². The van der Waals surface area contributed by atoms with E-state index < -0.39 is 0 Å². The van der Waals surface area contributed by atoms with Crippen molar-refractivity contribution in [2.75, 3.05) is 0 Å². The maximum absolute atomic E-state index is 12.3. The Bertz CT molecular complexity index is 1010. The molecule has 0 aliphatic carbocycles. The van der Waals surface area contributed by atoms with Gasteiger partial charge in [0.2, 0.25) is 0 Å². The molecule has 2 aromatic carbocycles. The summed E-state index contributed by atoms with van der Waals surface area (Å²) in [6.45, 7) is 0.499. The van der Waals surface area contributed by atoms with Gasteiger partial charge in [0, 0.05) is 18.3 Å². The lowest BCUT2D eigenvalue weighted by Gasteiger charge is -2.06. The van der Waals surface area contributed by atoms with Gasteiger partial charge in [0.15, 0.2) is 5.65 Å². The molecule has 2 heterocycles. The third-order valence-electron chi connectivity index (χ3n) is 3.88. The summed E-state index contributed by atoms with van der Waals surface area (Å²) in [4.78, 5) is 16.6. The van der Waals surface area contributed by atoms with Crippen LogP contribution in [0.2, 0.25) is 0 Å². The summed E-state index contributed by atoms with van der Waals surface area (Å²) in [6.07, 6.45) is 1.70. The zero-order valence-corrected chi connectivity index (χ0v) is 13.3. The number of pyridine rings is 1. The van der Waals surface area contributed by atoms with Crippen molar-refractivity contribution in [3.63, 3.8) is 0 Å². The number of hydrogen-bond acceptors (Lipinski definition) is 4. The lowest BCUT2D eigenvalue weighted by atomic mass is 10.2. The largest absolute Gasteiger partial charge is 0.348 e. The molecule has 6 nitrogen and oxygen atoms in total. The average molecular weight is 329 g/mol. The summed E-state index contributed by atoms with van der Waals surface area (Å²) >= 11 is 0. The molecule has 0 bridgehead atoms. The molecule has 2 aromatic heterocycles. The van der Waals surface area contributed by atoms with Crippen LogP contribution >= 0.6 is 0 Å². The number of aromatic nitrogens is 4. The van der Waals surface area contributed by atoms with Crippen LogP contribution in [0.15, 0.2) is 72.9 Å². The van der Waals surface area contributed by atoms with E-state index >= 15 is 0 Å². The lowest BCUT2D eigenvalue weighted by Crippen LogP contribution is -2.22. The minimum atomic E-state index is -0.114. The molecule has 0 saturated carbocycles. The fourth-order valence-electron chi connectivity index (χ4n) is 2.57. The van der Waals surface area contributed by atoms with Crippen molar-refractivity contribution in [3.8, 4) is 5.69 Å². The smallest absolute Gasteiger partial charge is 0.251 e. The number of rotatable bonds is 4. The standard InChI is InChI=1S/C19H15N5O/c25-19(21-13-14-5-2-1-3-6-14)15-8-10-16(11-9-15)24-18-17(22-23-24)7-4-12-20-18/h1-12H,13H2,(H,21,25). The lowest BCUT2D eigenvalue weighted by molar-refractivity contribution is 0.0951. The molecule has 0 unspecified atom stereocenters. The van der Waals surface area contributed by atoms with Gasteiger partial charge in [-0.3, -0.25) is 4.79 Å². The maximum atomic E-state index is 12.3. The fourth-order valence-corrected chi connectivity index (χ4v) is 2.57. The van der Waals surface area contributed by atoms with Crippen LogP contribution in [0.5, 0.6) is 0 Å². The van der Waals surface area contributed by atoms with Crippen LogP contribution in [0.1, 0.15) is 15.9 Å². The predicted octanol–water partition coefficient (Wildman–Crippen LogP) is 2.75. The first-order valence-electron chi connectivity index (χ1n) is 7.90. The number of amides is 1. The average Bonchev–Trinajstić information content (AvgIpc) is 3.11. The minimum Gasteiger partial charge on any atom is -0.348 e. The highest BCUT2D eigenvalue weighted by atomic mass is 16.1. The van der Waals surface area contributed by atoms with E-state index in [0.717, 1.165) is 16.8 Å². The Hall–Kier alpha value is -3.54.